The molecule has 0 atom stereocenters. The molecular weight excluding hydrogens is 298 g/mol. The molecule has 22 heavy (non-hydrogen) atoms. The predicted molar refractivity (Wildman–Crippen MR) is 87.1 cm³/mol. The third-order valence-corrected chi connectivity index (χ3v) is 5.16. The SMILES string of the molecule is CNC(=O)C1(NC(=O)c2ccc3nc(C)sc3c2)CCCC1. The molecule has 0 unspecified atom stereocenters. The lowest BCUT2D eigenvalue weighted by atomic mass is 9.95. The molecule has 116 valence electrons. The Kier molecular flexibility index (Phi) is 3.87. The maximum Gasteiger partial charge on any atom is 0.252 e. The molecule has 0 bridgehead atoms. The van der Waals surface area contributed by atoms with Gasteiger partial charge in [-0.1, -0.05) is 12.8 Å². The lowest BCUT2D eigenvalue weighted by molar-refractivity contribution is -0.126. The van der Waals surface area contributed by atoms with Crippen LogP contribution in [0.4, 0.5) is 0 Å². The Morgan fingerprint density at radius 1 is 1.27 bits per heavy atom. The number of thiazole rings is 1. The van der Waals surface area contributed by atoms with Gasteiger partial charge in [0.2, 0.25) is 5.91 Å². The number of fused-ring (bicyclic) bond motifs is 1. The molecule has 1 aromatic carbocycles. The highest BCUT2D eigenvalue weighted by Gasteiger charge is 2.41. The van der Waals surface area contributed by atoms with E-state index in [1.165, 1.54) is 0 Å². The van der Waals surface area contributed by atoms with Crippen LogP contribution in [0.1, 0.15) is 41.0 Å². The summed E-state index contributed by atoms with van der Waals surface area (Å²) < 4.78 is 0.991. The summed E-state index contributed by atoms with van der Waals surface area (Å²) in [5.74, 6) is -0.300. The summed E-state index contributed by atoms with van der Waals surface area (Å²) in [7, 11) is 1.61. The maximum atomic E-state index is 12.6. The molecule has 2 amide bonds. The van der Waals surface area contributed by atoms with E-state index in [0.29, 0.717) is 18.4 Å². The van der Waals surface area contributed by atoms with Gasteiger partial charge >= 0.3 is 0 Å². The summed E-state index contributed by atoms with van der Waals surface area (Å²) in [5, 5.41) is 6.62. The van der Waals surface area contributed by atoms with Gasteiger partial charge in [-0.15, -0.1) is 11.3 Å². The highest BCUT2D eigenvalue weighted by Crippen LogP contribution is 2.30. The van der Waals surface area contributed by atoms with E-state index >= 15 is 0 Å². The summed E-state index contributed by atoms with van der Waals surface area (Å²) in [6, 6.07) is 5.47. The van der Waals surface area contributed by atoms with Gasteiger partial charge in [0.15, 0.2) is 0 Å². The molecular formula is C16H19N3O2S. The molecule has 1 heterocycles. The van der Waals surface area contributed by atoms with Crippen molar-refractivity contribution < 1.29 is 9.59 Å². The summed E-state index contributed by atoms with van der Waals surface area (Å²) in [4.78, 5) is 29.1. The fourth-order valence-electron chi connectivity index (χ4n) is 3.10. The van der Waals surface area contributed by atoms with Crippen molar-refractivity contribution in [3.63, 3.8) is 0 Å². The van der Waals surface area contributed by atoms with E-state index < -0.39 is 5.54 Å². The molecule has 0 spiro atoms. The van der Waals surface area contributed by atoms with Crippen LogP contribution in [0.15, 0.2) is 18.2 Å². The number of amides is 2. The summed E-state index contributed by atoms with van der Waals surface area (Å²) >= 11 is 1.57. The number of nitrogens with one attached hydrogen (secondary N) is 2. The molecule has 6 heteroatoms. The van der Waals surface area contributed by atoms with Crippen molar-refractivity contribution in [1.82, 2.24) is 15.6 Å². The number of nitrogens with zero attached hydrogens (tertiary/aromatic N) is 1. The lowest BCUT2D eigenvalue weighted by Gasteiger charge is -2.28. The number of carbonyl (C=O) groups is 2. The van der Waals surface area contributed by atoms with Crippen molar-refractivity contribution in [2.75, 3.05) is 7.05 Å². The topological polar surface area (TPSA) is 71.1 Å². The summed E-state index contributed by atoms with van der Waals surface area (Å²) in [6.07, 6.45) is 3.31. The molecule has 1 aliphatic rings. The number of rotatable bonds is 3. The molecule has 1 aromatic heterocycles. The number of hydrogen-bond donors (Lipinski definition) is 2. The minimum atomic E-state index is -0.760. The zero-order valence-electron chi connectivity index (χ0n) is 12.7. The van der Waals surface area contributed by atoms with Gasteiger partial charge in [-0.25, -0.2) is 4.98 Å². The van der Waals surface area contributed by atoms with Gasteiger partial charge in [-0.2, -0.15) is 0 Å². The van der Waals surface area contributed by atoms with Crippen molar-refractivity contribution >= 4 is 33.4 Å². The molecule has 0 saturated heterocycles. The minimum Gasteiger partial charge on any atom is -0.357 e. The van der Waals surface area contributed by atoms with Crippen LogP contribution in [0.2, 0.25) is 0 Å². The van der Waals surface area contributed by atoms with Crippen molar-refractivity contribution in [2.45, 2.75) is 38.1 Å². The van der Waals surface area contributed by atoms with Gasteiger partial charge < -0.3 is 10.6 Å². The Morgan fingerprint density at radius 3 is 2.68 bits per heavy atom. The zero-order valence-corrected chi connectivity index (χ0v) is 13.5. The van der Waals surface area contributed by atoms with Crippen molar-refractivity contribution in [3.8, 4) is 0 Å². The number of aromatic nitrogens is 1. The van der Waals surface area contributed by atoms with Crippen LogP contribution in [0.25, 0.3) is 10.2 Å². The number of carbonyl (C=O) groups excluding carboxylic acids is 2. The lowest BCUT2D eigenvalue weighted by Crippen LogP contribution is -2.56. The Morgan fingerprint density at radius 2 is 2.00 bits per heavy atom. The minimum absolute atomic E-state index is 0.104. The molecule has 0 radical (unpaired) electrons. The van der Waals surface area contributed by atoms with Crippen molar-refractivity contribution in [1.29, 1.82) is 0 Å². The molecule has 0 aliphatic heterocycles. The van der Waals surface area contributed by atoms with Crippen LogP contribution in [0, 0.1) is 6.92 Å². The molecule has 1 saturated carbocycles. The fraction of sp³-hybridized carbons (Fsp3) is 0.438. The first kappa shape index (κ1) is 15.0. The molecule has 1 aliphatic carbocycles. The fourth-order valence-corrected chi connectivity index (χ4v) is 3.96. The van der Waals surface area contributed by atoms with E-state index in [4.69, 9.17) is 0 Å². The smallest absolute Gasteiger partial charge is 0.252 e. The average molecular weight is 317 g/mol. The first-order valence-corrected chi connectivity index (χ1v) is 8.28. The van der Waals surface area contributed by atoms with Crippen LogP contribution < -0.4 is 10.6 Å². The molecule has 2 N–H and O–H groups in total. The Bertz CT molecular complexity index is 732. The third kappa shape index (κ3) is 2.59. The average Bonchev–Trinajstić information content (AvgIpc) is 3.11. The van der Waals surface area contributed by atoms with E-state index in [0.717, 1.165) is 28.1 Å². The van der Waals surface area contributed by atoms with Crippen LogP contribution >= 0.6 is 11.3 Å². The predicted octanol–water partition coefficient (Wildman–Crippen LogP) is 2.39. The molecule has 2 aromatic rings. The number of aryl methyl sites for hydroxylation is 1. The van der Waals surface area contributed by atoms with E-state index in [1.54, 1.807) is 24.5 Å². The van der Waals surface area contributed by atoms with E-state index in [9.17, 15) is 9.59 Å². The second-order valence-electron chi connectivity index (χ2n) is 5.74. The molecule has 1 fully saturated rings. The molecule has 5 nitrogen and oxygen atoms in total. The van der Waals surface area contributed by atoms with Gasteiger partial charge in [0.25, 0.3) is 5.91 Å². The van der Waals surface area contributed by atoms with Gasteiger partial charge in [0.1, 0.15) is 5.54 Å². The van der Waals surface area contributed by atoms with Crippen molar-refractivity contribution in [2.24, 2.45) is 0 Å². The van der Waals surface area contributed by atoms with Gasteiger partial charge in [0.05, 0.1) is 15.2 Å². The van der Waals surface area contributed by atoms with Gasteiger partial charge in [-0.3, -0.25) is 9.59 Å². The second-order valence-corrected chi connectivity index (χ2v) is 6.97. The summed E-state index contributed by atoms with van der Waals surface area (Å²) in [5.41, 5.74) is 0.719. The quantitative estimate of drug-likeness (QED) is 0.913. The van der Waals surface area contributed by atoms with E-state index in [-0.39, 0.29) is 11.8 Å². The van der Waals surface area contributed by atoms with E-state index in [2.05, 4.69) is 15.6 Å². The van der Waals surface area contributed by atoms with Crippen molar-refractivity contribution in [3.05, 3.63) is 28.8 Å². The van der Waals surface area contributed by atoms with Crippen LogP contribution in [-0.4, -0.2) is 29.4 Å². The second kappa shape index (κ2) is 5.68. The first-order chi connectivity index (χ1) is 10.5. The third-order valence-electron chi connectivity index (χ3n) is 4.23. The van der Waals surface area contributed by atoms with Crippen LogP contribution in [-0.2, 0) is 4.79 Å². The summed E-state index contributed by atoms with van der Waals surface area (Å²) in [6.45, 7) is 1.95. The Hall–Kier alpha value is -1.95. The maximum absolute atomic E-state index is 12.6. The normalized spacial score (nSPS) is 16.6. The first-order valence-electron chi connectivity index (χ1n) is 7.46. The Balaban J connectivity index is 1.86. The standard InChI is InChI=1S/C16H19N3O2S/c1-10-18-12-6-5-11(9-13(12)22-10)14(20)19-16(15(21)17-2)7-3-4-8-16/h5-6,9H,3-4,7-8H2,1-2H3,(H,17,21)(H,19,20). The van der Waals surface area contributed by atoms with Gasteiger partial charge in [-0.05, 0) is 38.0 Å². The van der Waals surface area contributed by atoms with Gasteiger partial charge in [0, 0.05) is 12.6 Å². The molecule has 3 rings (SSSR count). The monoisotopic (exact) mass is 317 g/mol. The number of benzene rings is 1. The van der Waals surface area contributed by atoms with Crippen LogP contribution in [0.5, 0.6) is 0 Å². The zero-order chi connectivity index (χ0) is 15.7. The number of hydrogen-bond acceptors (Lipinski definition) is 4. The van der Waals surface area contributed by atoms with E-state index in [1.807, 2.05) is 19.1 Å². The highest BCUT2D eigenvalue weighted by molar-refractivity contribution is 7.18. The highest BCUT2D eigenvalue weighted by atomic mass is 32.1. The largest absolute Gasteiger partial charge is 0.357 e. The Labute approximate surface area is 133 Å². The van der Waals surface area contributed by atoms with Crippen LogP contribution in [0.3, 0.4) is 0 Å². The number of likely N-dealkylation sites (N-methyl/N-ethyl adjacent to an activating group) is 1.